The molecule has 0 aromatic heterocycles. The van der Waals surface area contributed by atoms with Crippen molar-refractivity contribution in [3.05, 3.63) is 0 Å². The standard InChI is InChI=1S/C7H18N2/c1-6(2)4-9-5-7(3)8/h6-7,9H,4-5,8H2,1-3H3/t7-/m0/s1. The highest BCUT2D eigenvalue weighted by molar-refractivity contribution is 4.58. The van der Waals surface area contributed by atoms with Gasteiger partial charge in [-0.1, -0.05) is 13.8 Å². The Kier molecular flexibility index (Phi) is 4.72. The summed E-state index contributed by atoms with van der Waals surface area (Å²) in [7, 11) is 0. The Labute approximate surface area is 57.8 Å². The molecule has 0 bridgehead atoms. The van der Waals surface area contributed by atoms with E-state index in [4.69, 9.17) is 5.73 Å². The predicted molar refractivity (Wildman–Crippen MR) is 41.4 cm³/mol. The van der Waals surface area contributed by atoms with Crippen LogP contribution in [0.2, 0.25) is 0 Å². The molecule has 0 aliphatic rings. The first-order chi connectivity index (χ1) is 4.13. The fraction of sp³-hybridized carbons (Fsp3) is 1.00. The lowest BCUT2D eigenvalue weighted by atomic mass is 10.2. The van der Waals surface area contributed by atoms with Gasteiger partial charge in [0.25, 0.3) is 0 Å². The summed E-state index contributed by atoms with van der Waals surface area (Å²) in [5.41, 5.74) is 5.52. The molecule has 0 aromatic carbocycles. The van der Waals surface area contributed by atoms with Crippen molar-refractivity contribution in [2.45, 2.75) is 26.8 Å². The highest BCUT2D eigenvalue weighted by atomic mass is 14.9. The van der Waals surface area contributed by atoms with E-state index < -0.39 is 0 Å². The van der Waals surface area contributed by atoms with Crippen LogP contribution in [0.5, 0.6) is 0 Å². The molecule has 0 fully saturated rings. The highest BCUT2D eigenvalue weighted by Gasteiger charge is 1.94. The second-order valence-corrected chi connectivity index (χ2v) is 3.03. The van der Waals surface area contributed by atoms with Gasteiger partial charge in [-0.3, -0.25) is 0 Å². The molecule has 2 heteroatoms. The molecule has 0 saturated heterocycles. The molecular weight excluding hydrogens is 112 g/mol. The molecule has 0 rings (SSSR count). The van der Waals surface area contributed by atoms with Gasteiger partial charge in [-0.2, -0.15) is 0 Å². The molecule has 0 aliphatic heterocycles. The predicted octanol–water partition coefficient (Wildman–Crippen LogP) is 0.579. The van der Waals surface area contributed by atoms with Gasteiger partial charge in [0.15, 0.2) is 0 Å². The number of hydrogen-bond acceptors (Lipinski definition) is 2. The van der Waals surface area contributed by atoms with Crippen molar-refractivity contribution in [3.8, 4) is 0 Å². The van der Waals surface area contributed by atoms with Gasteiger partial charge in [-0.25, -0.2) is 0 Å². The molecule has 0 aromatic rings. The Hall–Kier alpha value is -0.0800. The summed E-state index contributed by atoms with van der Waals surface area (Å²) in [6.07, 6.45) is 0. The van der Waals surface area contributed by atoms with E-state index in [1.165, 1.54) is 0 Å². The number of nitrogens with two attached hydrogens (primary N) is 1. The minimum Gasteiger partial charge on any atom is -0.327 e. The maximum Gasteiger partial charge on any atom is 0.0136 e. The van der Waals surface area contributed by atoms with Crippen LogP contribution in [0.15, 0.2) is 0 Å². The zero-order valence-corrected chi connectivity index (χ0v) is 6.65. The van der Waals surface area contributed by atoms with E-state index in [1.54, 1.807) is 0 Å². The van der Waals surface area contributed by atoms with Crippen molar-refractivity contribution < 1.29 is 0 Å². The Morgan fingerprint density at radius 3 is 2.11 bits per heavy atom. The van der Waals surface area contributed by atoms with Crippen molar-refractivity contribution in [2.75, 3.05) is 13.1 Å². The largest absolute Gasteiger partial charge is 0.327 e. The monoisotopic (exact) mass is 130 g/mol. The molecular formula is C7H18N2. The maximum absolute atomic E-state index is 5.52. The average Bonchev–Trinajstić information content (AvgIpc) is 1.63. The normalized spacial score (nSPS) is 14.3. The summed E-state index contributed by atoms with van der Waals surface area (Å²) in [6, 6.07) is 0.281. The van der Waals surface area contributed by atoms with Gasteiger partial charge in [0.1, 0.15) is 0 Å². The first-order valence-electron chi connectivity index (χ1n) is 3.59. The minimum absolute atomic E-state index is 0.281. The molecule has 0 amide bonds. The van der Waals surface area contributed by atoms with Crippen molar-refractivity contribution >= 4 is 0 Å². The quantitative estimate of drug-likeness (QED) is 0.584. The van der Waals surface area contributed by atoms with Crippen LogP contribution in [0, 0.1) is 5.92 Å². The van der Waals surface area contributed by atoms with Gasteiger partial charge >= 0.3 is 0 Å². The lowest BCUT2D eigenvalue weighted by Gasteiger charge is -2.08. The van der Waals surface area contributed by atoms with Crippen molar-refractivity contribution in [3.63, 3.8) is 0 Å². The van der Waals surface area contributed by atoms with Crippen LogP contribution in [0.3, 0.4) is 0 Å². The summed E-state index contributed by atoms with van der Waals surface area (Å²) in [6.45, 7) is 8.38. The van der Waals surface area contributed by atoms with E-state index in [0.29, 0.717) is 0 Å². The van der Waals surface area contributed by atoms with E-state index in [2.05, 4.69) is 19.2 Å². The Morgan fingerprint density at radius 1 is 1.22 bits per heavy atom. The zero-order chi connectivity index (χ0) is 7.28. The third kappa shape index (κ3) is 7.92. The summed E-state index contributed by atoms with van der Waals surface area (Å²) in [5, 5.41) is 3.26. The average molecular weight is 130 g/mol. The molecule has 0 saturated carbocycles. The minimum atomic E-state index is 0.281. The first-order valence-corrected chi connectivity index (χ1v) is 3.59. The van der Waals surface area contributed by atoms with Gasteiger partial charge < -0.3 is 11.1 Å². The van der Waals surface area contributed by atoms with Crippen LogP contribution in [-0.2, 0) is 0 Å². The molecule has 0 unspecified atom stereocenters. The lowest BCUT2D eigenvalue weighted by molar-refractivity contribution is 0.527. The molecule has 56 valence electrons. The molecule has 3 N–H and O–H groups in total. The van der Waals surface area contributed by atoms with Crippen LogP contribution in [-0.4, -0.2) is 19.1 Å². The van der Waals surface area contributed by atoms with Gasteiger partial charge in [0.05, 0.1) is 0 Å². The van der Waals surface area contributed by atoms with Gasteiger partial charge in [-0.15, -0.1) is 0 Å². The van der Waals surface area contributed by atoms with E-state index in [0.717, 1.165) is 19.0 Å². The maximum atomic E-state index is 5.52. The molecule has 9 heavy (non-hydrogen) atoms. The Balaban J connectivity index is 2.91. The highest BCUT2D eigenvalue weighted by Crippen LogP contribution is 1.86. The van der Waals surface area contributed by atoms with Crippen LogP contribution >= 0.6 is 0 Å². The molecule has 0 heterocycles. The van der Waals surface area contributed by atoms with Gasteiger partial charge in [0, 0.05) is 12.6 Å². The van der Waals surface area contributed by atoms with Crippen LogP contribution < -0.4 is 11.1 Å². The van der Waals surface area contributed by atoms with E-state index >= 15 is 0 Å². The summed E-state index contributed by atoms with van der Waals surface area (Å²) >= 11 is 0. The Morgan fingerprint density at radius 2 is 1.78 bits per heavy atom. The van der Waals surface area contributed by atoms with E-state index in [1.807, 2.05) is 6.92 Å². The van der Waals surface area contributed by atoms with Gasteiger partial charge in [-0.05, 0) is 19.4 Å². The summed E-state index contributed by atoms with van der Waals surface area (Å²) in [5.74, 6) is 0.726. The summed E-state index contributed by atoms with van der Waals surface area (Å²) < 4.78 is 0. The SMILES string of the molecule is CC(C)CNC[C@H](C)N. The fourth-order valence-electron chi connectivity index (χ4n) is 0.600. The second kappa shape index (κ2) is 4.77. The first kappa shape index (κ1) is 8.92. The second-order valence-electron chi connectivity index (χ2n) is 3.03. The van der Waals surface area contributed by atoms with E-state index in [-0.39, 0.29) is 6.04 Å². The van der Waals surface area contributed by atoms with E-state index in [9.17, 15) is 0 Å². The van der Waals surface area contributed by atoms with Crippen molar-refractivity contribution in [2.24, 2.45) is 11.7 Å². The third-order valence-electron chi connectivity index (χ3n) is 1.02. The van der Waals surface area contributed by atoms with Crippen molar-refractivity contribution in [1.29, 1.82) is 0 Å². The van der Waals surface area contributed by atoms with Crippen LogP contribution in [0.4, 0.5) is 0 Å². The van der Waals surface area contributed by atoms with Crippen LogP contribution in [0.25, 0.3) is 0 Å². The molecule has 0 aliphatic carbocycles. The van der Waals surface area contributed by atoms with Crippen molar-refractivity contribution in [1.82, 2.24) is 5.32 Å². The third-order valence-corrected chi connectivity index (χ3v) is 1.02. The number of nitrogens with one attached hydrogen (secondary N) is 1. The molecule has 0 radical (unpaired) electrons. The lowest BCUT2D eigenvalue weighted by Crippen LogP contribution is -2.33. The summed E-state index contributed by atoms with van der Waals surface area (Å²) in [4.78, 5) is 0. The number of hydrogen-bond donors (Lipinski definition) is 2. The van der Waals surface area contributed by atoms with Gasteiger partial charge in [0.2, 0.25) is 0 Å². The topological polar surface area (TPSA) is 38.0 Å². The zero-order valence-electron chi connectivity index (χ0n) is 6.65. The smallest absolute Gasteiger partial charge is 0.0136 e. The molecule has 2 nitrogen and oxygen atoms in total. The molecule has 1 atom stereocenters. The molecule has 0 spiro atoms. The number of rotatable bonds is 4. The fourth-order valence-corrected chi connectivity index (χ4v) is 0.600. The Bertz CT molecular complexity index is 51.9. The van der Waals surface area contributed by atoms with Crippen LogP contribution in [0.1, 0.15) is 20.8 Å².